The first-order valence-electron chi connectivity index (χ1n) is 9.89. The van der Waals surface area contributed by atoms with Crippen molar-refractivity contribution in [3.05, 3.63) is 17.6 Å². The van der Waals surface area contributed by atoms with E-state index >= 15 is 0 Å². The maximum absolute atomic E-state index is 12.8. The summed E-state index contributed by atoms with van der Waals surface area (Å²) in [7, 11) is 7.56. The van der Waals surface area contributed by atoms with Crippen LogP contribution < -0.4 is 4.90 Å². The van der Waals surface area contributed by atoms with E-state index < -0.39 is 0 Å². The van der Waals surface area contributed by atoms with Gasteiger partial charge in [-0.25, -0.2) is 9.97 Å². The molecule has 2 aliphatic rings. The van der Waals surface area contributed by atoms with Crippen LogP contribution in [-0.4, -0.2) is 66.3 Å². The molecule has 1 aromatic heterocycles. The maximum atomic E-state index is 12.8. The number of carbonyl (C=O) groups excluding carboxylic acids is 2. The van der Waals surface area contributed by atoms with E-state index in [4.69, 9.17) is 4.98 Å². The predicted molar refractivity (Wildman–Crippen MR) is 104 cm³/mol. The standard InChI is InChI=1S/C20H31N5O2/c1-23(2)18-11-16(15-10-19(26)24(3)12-15)21-17(22-18)13-25(4)20(27)14-8-6-5-7-9-14/h11,14-15H,5-10,12-13H2,1-4H3/t15-/m0/s1. The van der Waals surface area contributed by atoms with Crippen molar-refractivity contribution >= 4 is 17.6 Å². The second kappa shape index (κ2) is 8.23. The summed E-state index contributed by atoms with van der Waals surface area (Å²) in [5.41, 5.74) is 0.889. The molecule has 27 heavy (non-hydrogen) atoms. The summed E-state index contributed by atoms with van der Waals surface area (Å²) in [5.74, 6) is 2.03. The Hall–Kier alpha value is -2.18. The van der Waals surface area contributed by atoms with E-state index in [1.165, 1.54) is 6.42 Å². The minimum atomic E-state index is 0.0855. The van der Waals surface area contributed by atoms with Gasteiger partial charge in [-0.05, 0) is 12.8 Å². The Morgan fingerprint density at radius 3 is 2.48 bits per heavy atom. The molecule has 1 aliphatic heterocycles. The van der Waals surface area contributed by atoms with Crippen molar-refractivity contribution in [2.75, 3.05) is 39.6 Å². The van der Waals surface area contributed by atoms with Crippen molar-refractivity contribution in [3.8, 4) is 0 Å². The summed E-state index contributed by atoms with van der Waals surface area (Å²) in [6, 6.07) is 1.96. The average Bonchev–Trinajstić information content (AvgIpc) is 3.00. The molecule has 7 heteroatoms. The molecule has 2 amide bonds. The Morgan fingerprint density at radius 1 is 1.19 bits per heavy atom. The highest BCUT2D eigenvalue weighted by Crippen LogP contribution is 2.28. The Labute approximate surface area is 161 Å². The summed E-state index contributed by atoms with van der Waals surface area (Å²) >= 11 is 0. The number of amides is 2. The normalized spacial score (nSPS) is 20.8. The van der Waals surface area contributed by atoms with E-state index in [2.05, 4.69) is 4.98 Å². The number of rotatable bonds is 5. The number of hydrogen-bond donors (Lipinski definition) is 0. The van der Waals surface area contributed by atoms with Crippen molar-refractivity contribution in [2.45, 2.75) is 51.0 Å². The van der Waals surface area contributed by atoms with Crippen LogP contribution in [0.15, 0.2) is 6.07 Å². The lowest BCUT2D eigenvalue weighted by Crippen LogP contribution is -2.34. The fourth-order valence-corrected chi connectivity index (χ4v) is 4.02. The number of aromatic nitrogens is 2. The quantitative estimate of drug-likeness (QED) is 0.790. The lowest BCUT2D eigenvalue weighted by molar-refractivity contribution is -0.135. The van der Waals surface area contributed by atoms with Crippen LogP contribution in [0.1, 0.15) is 56.0 Å². The molecule has 148 valence electrons. The van der Waals surface area contributed by atoms with E-state index in [9.17, 15) is 9.59 Å². The van der Waals surface area contributed by atoms with Crippen molar-refractivity contribution in [1.82, 2.24) is 19.8 Å². The summed E-state index contributed by atoms with van der Waals surface area (Å²) in [6.07, 6.45) is 5.98. The molecule has 1 aliphatic carbocycles. The molecule has 0 radical (unpaired) electrons. The molecule has 0 bridgehead atoms. The molecule has 0 spiro atoms. The zero-order valence-corrected chi connectivity index (χ0v) is 16.9. The summed E-state index contributed by atoms with van der Waals surface area (Å²) < 4.78 is 0. The fraction of sp³-hybridized carbons (Fsp3) is 0.700. The van der Waals surface area contributed by atoms with Gasteiger partial charge in [0.05, 0.1) is 12.2 Å². The van der Waals surface area contributed by atoms with Crippen molar-refractivity contribution < 1.29 is 9.59 Å². The van der Waals surface area contributed by atoms with Crippen LogP contribution in [-0.2, 0) is 16.1 Å². The highest BCUT2D eigenvalue weighted by molar-refractivity contribution is 5.79. The Balaban J connectivity index is 1.77. The molecule has 1 aromatic rings. The van der Waals surface area contributed by atoms with Gasteiger partial charge in [0.2, 0.25) is 11.8 Å². The van der Waals surface area contributed by atoms with Crippen LogP contribution in [0.2, 0.25) is 0 Å². The van der Waals surface area contributed by atoms with Crippen molar-refractivity contribution in [2.24, 2.45) is 5.92 Å². The molecular weight excluding hydrogens is 342 g/mol. The van der Waals surface area contributed by atoms with Gasteiger partial charge in [0.1, 0.15) is 11.6 Å². The highest BCUT2D eigenvalue weighted by atomic mass is 16.2. The van der Waals surface area contributed by atoms with Gasteiger partial charge in [-0.15, -0.1) is 0 Å². The Morgan fingerprint density at radius 2 is 1.89 bits per heavy atom. The van der Waals surface area contributed by atoms with E-state index in [1.807, 2.05) is 39.2 Å². The molecule has 7 nitrogen and oxygen atoms in total. The second-order valence-electron chi connectivity index (χ2n) is 8.17. The van der Waals surface area contributed by atoms with Gasteiger partial charge in [0.15, 0.2) is 0 Å². The minimum Gasteiger partial charge on any atom is -0.363 e. The summed E-state index contributed by atoms with van der Waals surface area (Å²) in [4.78, 5) is 39.5. The maximum Gasteiger partial charge on any atom is 0.225 e. The van der Waals surface area contributed by atoms with Crippen LogP contribution in [0, 0.1) is 5.92 Å². The van der Waals surface area contributed by atoms with E-state index in [0.717, 1.165) is 37.2 Å². The molecule has 1 saturated heterocycles. The van der Waals surface area contributed by atoms with Crippen molar-refractivity contribution in [1.29, 1.82) is 0 Å². The molecule has 1 saturated carbocycles. The van der Waals surface area contributed by atoms with Crippen LogP contribution >= 0.6 is 0 Å². The average molecular weight is 374 g/mol. The van der Waals surface area contributed by atoms with E-state index in [-0.39, 0.29) is 23.7 Å². The number of likely N-dealkylation sites (tertiary alicyclic amines) is 1. The van der Waals surface area contributed by atoms with Crippen LogP contribution in [0.4, 0.5) is 5.82 Å². The van der Waals surface area contributed by atoms with Gasteiger partial charge in [-0.1, -0.05) is 19.3 Å². The molecule has 0 aromatic carbocycles. The Kier molecular flexibility index (Phi) is 5.97. The van der Waals surface area contributed by atoms with Gasteiger partial charge in [0.25, 0.3) is 0 Å². The van der Waals surface area contributed by atoms with Gasteiger partial charge in [-0.3, -0.25) is 9.59 Å². The number of likely N-dealkylation sites (N-methyl/N-ethyl adjacent to an activating group) is 1. The second-order valence-corrected chi connectivity index (χ2v) is 8.17. The van der Waals surface area contributed by atoms with Gasteiger partial charge in [-0.2, -0.15) is 0 Å². The fourth-order valence-electron chi connectivity index (χ4n) is 4.02. The van der Waals surface area contributed by atoms with E-state index in [1.54, 1.807) is 9.80 Å². The monoisotopic (exact) mass is 373 g/mol. The molecule has 0 unspecified atom stereocenters. The largest absolute Gasteiger partial charge is 0.363 e. The molecular formula is C20H31N5O2. The molecule has 3 rings (SSSR count). The van der Waals surface area contributed by atoms with Gasteiger partial charge < -0.3 is 14.7 Å². The molecule has 1 atom stereocenters. The Bertz CT molecular complexity index is 700. The number of nitrogens with zero attached hydrogens (tertiary/aromatic N) is 5. The van der Waals surface area contributed by atoms with E-state index in [0.29, 0.717) is 25.3 Å². The lowest BCUT2D eigenvalue weighted by atomic mass is 9.88. The van der Waals surface area contributed by atoms with Crippen LogP contribution in [0.5, 0.6) is 0 Å². The predicted octanol–water partition coefficient (Wildman–Crippen LogP) is 2.03. The first-order chi connectivity index (χ1) is 12.8. The lowest BCUT2D eigenvalue weighted by Gasteiger charge is -2.26. The molecule has 2 heterocycles. The summed E-state index contributed by atoms with van der Waals surface area (Å²) in [5, 5.41) is 0. The molecule has 2 fully saturated rings. The first kappa shape index (κ1) is 19.6. The van der Waals surface area contributed by atoms with Crippen molar-refractivity contribution in [3.63, 3.8) is 0 Å². The SMILES string of the molecule is CN1C[C@@H](c2cc(N(C)C)nc(CN(C)C(=O)C3CCCCC3)n2)CC1=O. The number of anilines is 1. The minimum absolute atomic E-state index is 0.0855. The van der Waals surface area contributed by atoms with Crippen LogP contribution in [0.25, 0.3) is 0 Å². The first-order valence-corrected chi connectivity index (χ1v) is 9.89. The zero-order chi connectivity index (χ0) is 19.6. The zero-order valence-electron chi connectivity index (χ0n) is 16.9. The third kappa shape index (κ3) is 4.57. The number of carbonyl (C=O) groups is 2. The highest BCUT2D eigenvalue weighted by Gasteiger charge is 2.30. The molecule has 0 N–H and O–H groups in total. The number of hydrogen-bond acceptors (Lipinski definition) is 5. The van der Waals surface area contributed by atoms with Crippen LogP contribution in [0.3, 0.4) is 0 Å². The van der Waals surface area contributed by atoms with Gasteiger partial charge in [0, 0.05) is 59.1 Å². The third-order valence-electron chi connectivity index (χ3n) is 5.71. The third-order valence-corrected chi connectivity index (χ3v) is 5.71. The smallest absolute Gasteiger partial charge is 0.225 e. The van der Waals surface area contributed by atoms with Gasteiger partial charge >= 0.3 is 0 Å². The topological polar surface area (TPSA) is 69.6 Å². The summed E-state index contributed by atoms with van der Waals surface area (Å²) in [6.45, 7) is 1.08.